The highest BCUT2D eigenvalue weighted by molar-refractivity contribution is 5.67. The maximum Gasteiger partial charge on any atom is 0.416 e. The minimum absolute atomic E-state index is 0.0234. The van der Waals surface area contributed by atoms with Crippen LogP contribution in [0.4, 0.5) is 13.2 Å². The van der Waals surface area contributed by atoms with Gasteiger partial charge in [0.15, 0.2) is 0 Å². The van der Waals surface area contributed by atoms with Gasteiger partial charge in [0.1, 0.15) is 5.75 Å². The van der Waals surface area contributed by atoms with Crippen LogP contribution in [-0.2, 0) is 11.0 Å². The number of alkyl halides is 3. The minimum atomic E-state index is -4.42. The van der Waals surface area contributed by atoms with Crippen LogP contribution in [0.3, 0.4) is 0 Å². The third kappa shape index (κ3) is 6.42. The number of hydrogen-bond acceptors (Lipinski definition) is 3. The maximum atomic E-state index is 13.1. The number of allylic oxidation sites excluding steroid dienone is 1. The number of hydrogen-bond donors (Lipinski definition) is 1. The number of rotatable bonds is 6. The molecule has 0 radical (unpaired) electrons. The number of ether oxygens (including phenoxy) is 1. The molecule has 0 unspecified atom stereocenters. The predicted octanol–water partition coefficient (Wildman–Crippen LogP) is 6.26. The molecule has 4 nitrogen and oxygen atoms in total. The Kier molecular flexibility index (Phi) is 8.06. The van der Waals surface area contributed by atoms with Crippen molar-refractivity contribution in [2.75, 3.05) is 13.7 Å². The van der Waals surface area contributed by atoms with E-state index in [1.54, 1.807) is 7.11 Å². The Morgan fingerprint density at radius 1 is 1.21 bits per heavy atom. The minimum Gasteiger partial charge on any atom is -0.497 e. The monoisotopic (exact) mass is 471 g/mol. The molecule has 0 aliphatic carbocycles. The van der Waals surface area contributed by atoms with Crippen molar-refractivity contribution in [1.82, 2.24) is 4.90 Å². The van der Waals surface area contributed by atoms with Crippen molar-refractivity contribution in [3.05, 3.63) is 77.4 Å². The molecule has 0 spiro atoms. The molecule has 1 fully saturated rings. The summed E-state index contributed by atoms with van der Waals surface area (Å²) in [5.74, 6) is 6.08. The molecule has 1 aliphatic rings. The lowest BCUT2D eigenvalue weighted by molar-refractivity contribution is -0.139. The topological polar surface area (TPSA) is 49.8 Å². The predicted molar refractivity (Wildman–Crippen MR) is 124 cm³/mol. The number of nitrogens with zero attached hydrogens (tertiary/aromatic N) is 1. The van der Waals surface area contributed by atoms with E-state index in [4.69, 9.17) is 4.74 Å². The summed E-state index contributed by atoms with van der Waals surface area (Å²) >= 11 is 0. The number of benzene rings is 2. The molecule has 1 N–H and O–H groups in total. The van der Waals surface area contributed by atoms with Crippen LogP contribution in [0.1, 0.15) is 55.0 Å². The van der Waals surface area contributed by atoms with Crippen molar-refractivity contribution in [2.24, 2.45) is 5.92 Å². The van der Waals surface area contributed by atoms with Crippen LogP contribution in [0, 0.1) is 17.8 Å². The zero-order valence-corrected chi connectivity index (χ0v) is 19.2. The molecule has 0 bridgehead atoms. The second-order valence-corrected chi connectivity index (χ2v) is 8.59. The van der Waals surface area contributed by atoms with Gasteiger partial charge in [0.05, 0.1) is 18.7 Å². The molecular weight excluding hydrogens is 443 g/mol. The summed E-state index contributed by atoms with van der Waals surface area (Å²) in [5, 5.41) is 9.31. The quantitative estimate of drug-likeness (QED) is 0.505. The molecule has 0 aromatic heterocycles. The summed E-state index contributed by atoms with van der Waals surface area (Å²) in [6, 6.07) is 12.0. The lowest BCUT2D eigenvalue weighted by Crippen LogP contribution is -2.39. The van der Waals surface area contributed by atoms with E-state index >= 15 is 0 Å². The van der Waals surface area contributed by atoms with Gasteiger partial charge < -0.3 is 9.84 Å². The number of aliphatic carboxylic acids is 1. The molecule has 0 amide bonds. The van der Waals surface area contributed by atoms with E-state index in [0.717, 1.165) is 17.7 Å². The normalized spacial score (nSPS) is 19.6. The number of likely N-dealkylation sites (tertiary alicyclic amines) is 1. The fraction of sp³-hybridized carbons (Fsp3) is 0.370. The first-order valence-electron chi connectivity index (χ1n) is 11.0. The molecule has 34 heavy (non-hydrogen) atoms. The second kappa shape index (κ2) is 10.8. The number of methoxy groups -OCH3 is 1. The Balaban J connectivity index is 2.02. The first kappa shape index (κ1) is 25.4. The van der Waals surface area contributed by atoms with Gasteiger partial charge in [-0.25, -0.2) is 0 Å². The first-order valence-corrected chi connectivity index (χ1v) is 11.0. The second-order valence-electron chi connectivity index (χ2n) is 8.59. The van der Waals surface area contributed by atoms with Crippen molar-refractivity contribution in [3.63, 3.8) is 0 Å². The zero-order chi connectivity index (χ0) is 24.9. The summed E-state index contributed by atoms with van der Waals surface area (Å²) in [4.78, 5) is 13.5. The molecule has 1 aliphatic heterocycles. The summed E-state index contributed by atoms with van der Waals surface area (Å²) in [6.45, 7) is 6.23. The van der Waals surface area contributed by atoms with E-state index < -0.39 is 17.7 Å². The average molecular weight is 472 g/mol. The highest BCUT2D eigenvalue weighted by Crippen LogP contribution is 2.41. The maximum absolute atomic E-state index is 13.1. The Bertz CT molecular complexity index is 1070. The first-order chi connectivity index (χ1) is 16.1. The van der Waals surface area contributed by atoms with Gasteiger partial charge in [-0.15, -0.1) is 0 Å². The van der Waals surface area contributed by atoms with Gasteiger partial charge in [0, 0.05) is 19.0 Å². The van der Waals surface area contributed by atoms with Gasteiger partial charge >= 0.3 is 12.1 Å². The molecule has 1 heterocycles. The fourth-order valence-corrected chi connectivity index (χ4v) is 4.36. The Labute approximate surface area is 198 Å². The van der Waals surface area contributed by atoms with E-state index in [0.29, 0.717) is 36.3 Å². The Morgan fingerprint density at radius 2 is 1.85 bits per heavy atom. The number of carboxylic acids is 1. The van der Waals surface area contributed by atoms with Crippen LogP contribution < -0.4 is 4.74 Å². The van der Waals surface area contributed by atoms with E-state index in [1.165, 1.54) is 12.1 Å². The fourth-order valence-electron chi connectivity index (χ4n) is 4.36. The van der Waals surface area contributed by atoms with E-state index in [-0.39, 0.29) is 24.4 Å². The smallest absolute Gasteiger partial charge is 0.416 e. The molecule has 2 aromatic rings. The van der Waals surface area contributed by atoms with Gasteiger partial charge in [-0.1, -0.05) is 42.7 Å². The Hall–Kier alpha value is -3.24. The molecular formula is C27H28F3NO3. The van der Waals surface area contributed by atoms with Crippen LogP contribution in [-0.4, -0.2) is 29.6 Å². The highest BCUT2D eigenvalue weighted by atomic mass is 19.4. The molecule has 3 rings (SSSR count). The van der Waals surface area contributed by atoms with Crippen LogP contribution in [0.2, 0.25) is 0 Å². The largest absolute Gasteiger partial charge is 0.497 e. The molecule has 1 saturated heterocycles. The van der Waals surface area contributed by atoms with Crippen LogP contribution in [0.15, 0.2) is 60.7 Å². The third-order valence-electron chi connectivity index (χ3n) is 6.02. The zero-order valence-electron chi connectivity index (χ0n) is 19.2. The lowest BCUT2D eigenvalue weighted by atomic mass is 9.83. The number of piperidine rings is 1. The molecule has 7 heteroatoms. The summed E-state index contributed by atoms with van der Waals surface area (Å²) < 4.78 is 44.6. The summed E-state index contributed by atoms with van der Waals surface area (Å²) in [7, 11) is 1.58. The molecule has 3 atom stereocenters. The molecule has 0 saturated carbocycles. The average Bonchev–Trinajstić information content (AvgIpc) is 2.79. The van der Waals surface area contributed by atoms with Gasteiger partial charge in [0.25, 0.3) is 0 Å². The van der Waals surface area contributed by atoms with Crippen molar-refractivity contribution < 1.29 is 27.8 Å². The van der Waals surface area contributed by atoms with Gasteiger partial charge in [-0.2, -0.15) is 13.2 Å². The number of carboxylic acid groups (broad SMARTS) is 1. The van der Waals surface area contributed by atoms with Gasteiger partial charge in [-0.05, 0) is 66.6 Å². The van der Waals surface area contributed by atoms with E-state index in [9.17, 15) is 23.1 Å². The van der Waals surface area contributed by atoms with Crippen molar-refractivity contribution >= 4 is 5.97 Å². The van der Waals surface area contributed by atoms with Gasteiger partial charge in [-0.3, -0.25) is 9.69 Å². The molecule has 2 aromatic carbocycles. The third-order valence-corrected chi connectivity index (χ3v) is 6.02. The lowest BCUT2D eigenvalue weighted by Gasteiger charge is -2.42. The van der Waals surface area contributed by atoms with Crippen molar-refractivity contribution in [2.45, 2.75) is 44.4 Å². The van der Waals surface area contributed by atoms with Crippen LogP contribution >= 0.6 is 0 Å². The van der Waals surface area contributed by atoms with E-state index in [2.05, 4.69) is 23.3 Å². The molecule has 180 valence electrons. The number of carbonyl (C=O) groups is 1. The van der Waals surface area contributed by atoms with Crippen LogP contribution in [0.5, 0.6) is 5.75 Å². The Morgan fingerprint density at radius 3 is 2.38 bits per heavy atom. The van der Waals surface area contributed by atoms with Crippen LogP contribution in [0.25, 0.3) is 0 Å². The number of halogens is 3. The van der Waals surface area contributed by atoms with E-state index in [1.807, 2.05) is 31.2 Å². The van der Waals surface area contributed by atoms with Crippen molar-refractivity contribution in [1.29, 1.82) is 0 Å². The van der Waals surface area contributed by atoms with Gasteiger partial charge in [0.2, 0.25) is 0 Å². The standard InChI is InChI=1S/C27H28F3NO3/c1-18(2)4-13-24(20-7-11-23(34-3)12-8-20)31-15-14-19(17-26(32)33)16-25(31)21-5-9-22(10-6-21)27(28,29)30/h5-12,19,24-25H,1,14-17H2,2-3H3,(H,32,33)/t19-,24-,25+/m0/s1. The summed E-state index contributed by atoms with van der Waals surface area (Å²) in [5.41, 5.74) is 1.61. The summed E-state index contributed by atoms with van der Waals surface area (Å²) in [6.07, 6.45) is -3.23. The van der Waals surface area contributed by atoms with Crippen molar-refractivity contribution in [3.8, 4) is 17.6 Å². The SMILES string of the molecule is C=C(C)C#C[C@@H](c1ccc(OC)cc1)N1CC[C@H](CC(=O)O)C[C@@H]1c1ccc(C(F)(F)F)cc1. The highest BCUT2D eigenvalue weighted by Gasteiger charge is 2.36.